The zero-order valence-corrected chi connectivity index (χ0v) is 14.4. The summed E-state index contributed by atoms with van der Waals surface area (Å²) in [6.45, 7) is 7.59. The molecule has 0 spiro atoms. The van der Waals surface area contributed by atoms with Gasteiger partial charge in [0.15, 0.2) is 0 Å². The number of hydrogen-bond acceptors (Lipinski definition) is 4. The molecule has 0 unspecified atom stereocenters. The normalized spacial score (nSPS) is 11.0. The van der Waals surface area contributed by atoms with Crippen molar-refractivity contribution in [2.24, 2.45) is 13.0 Å². The van der Waals surface area contributed by atoms with E-state index in [4.69, 9.17) is 0 Å². The molecule has 8 heteroatoms. The maximum atomic E-state index is 12.8. The van der Waals surface area contributed by atoms with E-state index in [1.165, 1.54) is 17.8 Å². The average Bonchev–Trinajstić information content (AvgIpc) is 2.97. The molecule has 0 bridgehead atoms. The minimum absolute atomic E-state index is 0.0411. The summed E-state index contributed by atoms with van der Waals surface area (Å²) in [4.78, 5) is 40.0. The summed E-state index contributed by atoms with van der Waals surface area (Å²) in [5.41, 5.74) is -0.356. The van der Waals surface area contributed by atoms with Crippen LogP contribution in [0.2, 0.25) is 0 Å². The molecule has 1 amide bonds. The molecule has 130 valence electrons. The Morgan fingerprint density at radius 3 is 2.62 bits per heavy atom. The number of carbonyl (C=O) groups excluding carboxylic acids is 1. The SMILES string of the molecule is CCn1cc(CN(CC(C)C)C(=O)c2cn(C)c(=O)[nH]c2=O)cn1. The maximum Gasteiger partial charge on any atom is 0.328 e. The molecule has 1 N–H and O–H groups in total. The molecule has 8 nitrogen and oxygen atoms in total. The Balaban J connectivity index is 2.33. The fourth-order valence-corrected chi connectivity index (χ4v) is 2.43. The van der Waals surface area contributed by atoms with E-state index in [9.17, 15) is 14.4 Å². The lowest BCUT2D eigenvalue weighted by Crippen LogP contribution is -2.39. The molecule has 0 radical (unpaired) electrons. The fourth-order valence-electron chi connectivity index (χ4n) is 2.43. The summed E-state index contributed by atoms with van der Waals surface area (Å²) in [6.07, 6.45) is 4.88. The van der Waals surface area contributed by atoms with Crippen molar-refractivity contribution in [1.82, 2.24) is 24.2 Å². The van der Waals surface area contributed by atoms with Crippen LogP contribution in [0.25, 0.3) is 0 Å². The summed E-state index contributed by atoms with van der Waals surface area (Å²) in [7, 11) is 1.49. The number of hydrogen-bond donors (Lipinski definition) is 1. The number of rotatable bonds is 6. The summed E-state index contributed by atoms with van der Waals surface area (Å²) < 4.78 is 2.98. The van der Waals surface area contributed by atoms with Gasteiger partial charge in [-0.3, -0.25) is 19.3 Å². The molecule has 0 aliphatic rings. The minimum Gasteiger partial charge on any atom is -0.334 e. The zero-order valence-electron chi connectivity index (χ0n) is 14.4. The second-order valence-electron chi connectivity index (χ2n) is 6.20. The topological polar surface area (TPSA) is 93.0 Å². The number of aromatic nitrogens is 4. The number of H-pyrrole nitrogens is 1. The number of nitrogens with one attached hydrogen (secondary N) is 1. The van der Waals surface area contributed by atoms with Crippen LogP contribution in [0.15, 0.2) is 28.2 Å². The number of aromatic amines is 1. The lowest BCUT2D eigenvalue weighted by atomic mass is 10.1. The first-order chi connectivity index (χ1) is 11.3. The van der Waals surface area contributed by atoms with Gasteiger partial charge in [-0.25, -0.2) is 4.79 Å². The molecule has 24 heavy (non-hydrogen) atoms. The number of nitrogens with zero attached hydrogens (tertiary/aromatic N) is 4. The van der Waals surface area contributed by atoms with Crippen LogP contribution in [0.1, 0.15) is 36.7 Å². The van der Waals surface area contributed by atoms with Crippen LogP contribution >= 0.6 is 0 Å². The summed E-state index contributed by atoms with van der Waals surface area (Å²) >= 11 is 0. The molecule has 0 saturated heterocycles. The van der Waals surface area contributed by atoms with Gasteiger partial charge in [-0.2, -0.15) is 5.10 Å². The predicted octanol–water partition coefficient (Wildman–Crippen LogP) is 0.588. The Morgan fingerprint density at radius 2 is 2.04 bits per heavy atom. The van der Waals surface area contributed by atoms with Crippen molar-refractivity contribution in [3.8, 4) is 0 Å². The van der Waals surface area contributed by atoms with E-state index < -0.39 is 17.2 Å². The standard InChI is InChI=1S/C16H23N5O3/c1-5-21-9-12(6-17-21)8-20(7-11(2)3)15(23)13-10-19(4)16(24)18-14(13)22/h6,9-11H,5,7-8H2,1-4H3,(H,18,22,24). The summed E-state index contributed by atoms with van der Waals surface area (Å²) in [5, 5.41) is 4.21. The van der Waals surface area contributed by atoms with Crippen LogP contribution in [0.4, 0.5) is 0 Å². The van der Waals surface area contributed by atoms with Crippen molar-refractivity contribution in [2.75, 3.05) is 6.54 Å². The quantitative estimate of drug-likeness (QED) is 0.837. The lowest BCUT2D eigenvalue weighted by Gasteiger charge is -2.24. The average molecular weight is 333 g/mol. The van der Waals surface area contributed by atoms with Gasteiger partial charge in [-0.15, -0.1) is 0 Å². The first kappa shape index (κ1) is 17.7. The van der Waals surface area contributed by atoms with Crippen molar-refractivity contribution in [3.63, 3.8) is 0 Å². The van der Waals surface area contributed by atoms with Crippen molar-refractivity contribution >= 4 is 5.91 Å². The van der Waals surface area contributed by atoms with Crippen molar-refractivity contribution in [2.45, 2.75) is 33.9 Å². The Morgan fingerprint density at radius 1 is 1.33 bits per heavy atom. The Labute approximate surface area is 139 Å². The van der Waals surface area contributed by atoms with Gasteiger partial charge in [-0.05, 0) is 12.8 Å². The van der Waals surface area contributed by atoms with Crippen molar-refractivity contribution in [3.05, 3.63) is 50.6 Å². The van der Waals surface area contributed by atoms with Gasteiger partial charge in [0, 0.05) is 44.6 Å². The largest absolute Gasteiger partial charge is 0.334 e. The number of aryl methyl sites for hydroxylation is 2. The van der Waals surface area contributed by atoms with Gasteiger partial charge in [-0.1, -0.05) is 13.8 Å². The Bertz CT molecular complexity index is 831. The molecule has 0 saturated carbocycles. The summed E-state index contributed by atoms with van der Waals surface area (Å²) in [6, 6.07) is 0. The van der Waals surface area contributed by atoms with Gasteiger partial charge in [0.25, 0.3) is 11.5 Å². The highest BCUT2D eigenvalue weighted by Crippen LogP contribution is 2.10. The molecular weight excluding hydrogens is 310 g/mol. The molecule has 0 atom stereocenters. The molecule has 2 heterocycles. The van der Waals surface area contributed by atoms with E-state index in [2.05, 4.69) is 10.1 Å². The maximum absolute atomic E-state index is 12.8. The zero-order chi connectivity index (χ0) is 17.9. The highest BCUT2D eigenvalue weighted by Gasteiger charge is 2.21. The van der Waals surface area contributed by atoms with Crippen LogP contribution in [-0.4, -0.2) is 36.7 Å². The van der Waals surface area contributed by atoms with Crippen LogP contribution in [0, 0.1) is 5.92 Å². The van der Waals surface area contributed by atoms with Crippen molar-refractivity contribution < 1.29 is 4.79 Å². The third kappa shape index (κ3) is 4.01. The molecule has 2 aromatic heterocycles. The summed E-state index contributed by atoms with van der Waals surface area (Å²) in [5.74, 6) is -0.161. The predicted molar refractivity (Wildman–Crippen MR) is 89.8 cm³/mol. The van der Waals surface area contributed by atoms with Crippen LogP contribution < -0.4 is 11.2 Å². The highest BCUT2D eigenvalue weighted by molar-refractivity contribution is 5.93. The smallest absolute Gasteiger partial charge is 0.328 e. The van der Waals surface area contributed by atoms with Crippen LogP contribution in [0.3, 0.4) is 0 Å². The lowest BCUT2D eigenvalue weighted by molar-refractivity contribution is 0.0719. The molecule has 2 rings (SSSR count). The van der Waals surface area contributed by atoms with Gasteiger partial charge >= 0.3 is 5.69 Å². The number of carbonyl (C=O) groups is 1. The van der Waals surface area contributed by atoms with Crippen LogP contribution in [0.5, 0.6) is 0 Å². The molecule has 0 aromatic carbocycles. The molecule has 0 fully saturated rings. The Kier molecular flexibility index (Phi) is 5.38. The first-order valence-corrected chi connectivity index (χ1v) is 7.92. The molecule has 2 aromatic rings. The van der Waals surface area contributed by atoms with Gasteiger partial charge < -0.3 is 9.47 Å². The monoisotopic (exact) mass is 333 g/mol. The minimum atomic E-state index is -0.666. The number of amides is 1. The highest BCUT2D eigenvalue weighted by atomic mass is 16.2. The van der Waals surface area contributed by atoms with Gasteiger partial charge in [0.05, 0.1) is 6.20 Å². The van der Waals surface area contributed by atoms with E-state index in [1.54, 1.807) is 15.8 Å². The van der Waals surface area contributed by atoms with E-state index >= 15 is 0 Å². The van der Waals surface area contributed by atoms with E-state index in [1.807, 2.05) is 27.0 Å². The molecular formula is C16H23N5O3. The van der Waals surface area contributed by atoms with Crippen molar-refractivity contribution in [1.29, 1.82) is 0 Å². The first-order valence-electron chi connectivity index (χ1n) is 7.92. The second kappa shape index (κ2) is 7.29. The van der Waals surface area contributed by atoms with Gasteiger partial charge in [0.1, 0.15) is 5.56 Å². The fraction of sp³-hybridized carbons (Fsp3) is 0.500. The van der Waals surface area contributed by atoms with E-state index in [0.717, 1.165) is 12.1 Å². The van der Waals surface area contributed by atoms with Gasteiger partial charge in [0.2, 0.25) is 0 Å². The van der Waals surface area contributed by atoms with E-state index in [-0.39, 0.29) is 11.5 Å². The van der Waals surface area contributed by atoms with Crippen LogP contribution in [-0.2, 0) is 20.1 Å². The van der Waals surface area contributed by atoms with E-state index in [0.29, 0.717) is 13.1 Å². The third-order valence-electron chi connectivity index (χ3n) is 3.60. The second-order valence-corrected chi connectivity index (χ2v) is 6.20. The molecule has 0 aliphatic heterocycles. The third-order valence-corrected chi connectivity index (χ3v) is 3.60. The molecule has 0 aliphatic carbocycles. The Hall–Kier alpha value is -2.64.